The van der Waals surface area contributed by atoms with E-state index in [0.717, 1.165) is 39.5 Å². The predicted octanol–water partition coefficient (Wildman–Crippen LogP) is 5.76. The summed E-state index contributed by atoms with van der Waals surface area (Å²) in [7, 11) is 0. The van der Waals surface area contributed by atoms with Crippen molar-refractivity contribution < 1.29 is 0 Å². The number of hydrogen-bond acceptors (Lipinski definition) is 2. The van der Waals surface area contributed by atoms with E-state index in [9.17, 15) is 0 Å². The highest BCUT2D eigenvalue weighted by molar-refractivity contribution is 6.19. The Bertz CT molecular complexity index is 1230. The maximum atomic E-state index is 4.98. The van der Waals surface area contributed by atoms with E-state index in [4.69, 9.17) is 9.97 Å². The van der Waals surface area contributed by atoms with Crippen LogP contribution in [0.5, 0.6) is 0 Å². The summed E-state index contributed by atoms with van der Waals surface area (Å²) in [5, 5.41) is 2.37. The largest absolute Gasteiger partial charge is 0.352 e. The number of rotatable bonds is 3. The lowest BCUT2D eigenvalue weighted by Gasteiger charge is -2.08. The second-order valence-corrected chi connectivity index (χ2v) is 6.64. The fourth-order valence-corrected chi connectivity index (χ4v) is 3.72. The topological polar surface area (TPSA) is 41.6 Å². The van der Waals surface area contributed by atoms with Crippen LogP contribution >= 0.6 is 0 Å². The molecule has 2 aromatic heterocycles. The molecule has 122 valence electrons. The Kier molecular flexibility index (Phi) is 3.20. The molecule has 0 aliphatic heterocycles. The molecular formula is C22H19N3. The summed E-state index contributed by atoms with van der Waals surface area (Å²) in [5.74, 6) is 0. The normalized spacial score (nSPS) is 11.9. The van der Waals surface area contributed by atoms with Gasteiger partial charge in [-0.15, -0.1) is 0 Å². The minimum atomic E-state index is 0.989. The first-order chi connectivity index (χ1) is 12.3. The van der Waals surface area contributed by atoms with Gasteiger partial charge in [0.25, 0.3) is 0 Å². The molecule has 3 aromatic carbocycles. The third-order valence-corrected chi connectivity index (χ3v) is 4.96. The second kappa shape index (κ2) is 5.55. The van der Waals surface area contributed by atoms with Crippen molar-refractivity contribution in [2.24, 2.45) is 0 Å². The van der Waals surface area contributed by atoms with Crippen molar-refractivity contribution in [3.63, 3.8) is 0 Å². The maximum Gasteiger partial charge on any atom is 0.0973 e. The number of aromatic nitrogens is 3. The highest BCUT2D eigenvalue weighted by Crippen LogP contribution is 2.34. The molecule has 2 heterocycles. The van der Waals surface area contributed by atoms with Crippen LogP contribution in [-0.2, 0) is 6.42 Å². The molecule has 3 nitrogen and oxygen atoms in total. The molecule has 0 unspecified atom stereocenters. The molecule has 0 saturated heterocycles. The third-order valence-electron chi connectivity index (χ3n) is 4.96. The summed E-state index contributed by atoms with van der Waals surface area (Å²) in [6.07, 6.45) is 3.40. The van der Waals surface area contributed by atoms with E-state index >= 15 is 0 Å². The fraction of sp³-hybridized carbons (Fsp3) is 0.182. The first-order valence-electron chi connectivity index (χ1n) is 8.94. The number of aromatic amines is 1. The molecule has 1 N–H and O–H groups in total. The molecule has 0 bridgehead atoms. The monoisotopic (exact) mass is 325 g/mol. The smallest absolute Gasteiger partial charge is 0.0973 e. The van der Waals surface area contributed by atoms with Crippen molar-refractivity contribution in [3.8, 4) is 0 Å². The minimum Gasteiger partial charge on any atom is -0.352 e. The van der Waals surface area contributed by atoms with Crippen LogP contribution < -0.4 is 0 Å². The molecule has 3 heteroatoms. The van der Waals surface area contributed by atoms with Crippen LogP contribution in [0.25, 0.3) is 43.9 Å². The van der Waals surface area contributed by atoms with Crippen molar-refractivity contribution in [2.45, 2.75) is 26.2 Å². The third kappa shape index (κ3) is 2.19. The molecule has 0 radical (unpaired) electrons. The molecule has 0 amide bonds. The number of nitrogens with zero attached hydrogens (tertiary/aromatic N) is 2. The highest BCUT2D eigenvalue weighted by atomic mass is 14.8. The standard InChI is InChI=1S/C22H19N3/c1-2-3-8-14-13-19-22(25-18-12-7-6-11-17(18)23-19)20-15-9-4-5-10-16(15)24-21(14)20/h4-7,9-13,23H,2-3,8H2,1H3. The van der Waals surface area contributed by atoms with E-state index in [-0.39, 0.29) is 0 Å². The predicted molar refractivity (Wildman–Crippen MR) is 105 cm³/mol. The lowest BCUT2D eigenvalue weighted by Crippen LogP contribution is -1.93. The van der Waals surface area contributed by atoms with Gasteiger partial charge in [-0.05, 0) is 42.7 Å². The van der Waals surface area contributed by atoms with Gasteiger partial charge in [0.2, 0.25) is 0 Å². The molecule has 0 aliphatic rings. The number of nitrogens with one attached hydrogen (secondary N) is 1. The van der Waals surface area contributed by atoms with E-state index in [1.54, 1.807) is 0 Å². The average molecular weight is 325 g/mol. The van der Waals surface area contributed by atoms with Crippen LogP contribution in [0, 0.1) is 0 Å². The lowest BCUT2D eigenvalue weighted by atomic mass is 10.0. The number of H-pyrrole nitrogens is 1. The SMILES string of the molecule is CCCCc1cc2[nH]c3ccccc3nc2c2c1nc1ccccc12. The van der Waals surface area contributed by atoms with Crippen LogP contribution in [0.4, 0.5) is 0 Å². The van der Waals surface area contributed by atoms with Crippen LogP contribution in [0.2, 0.25) is 0 Å². The average Bonchev–Trinajstić information content (AvgIpc) is 3.04. The summed E-state index contributed by atoms with van der Waals surface area (Å²) >= 11 is 0. The first-order valence-corrected chi connectivity index (χ1v) is 8.94. The van der Waals surface area contributed by atoms with Crippen molar-refractivity contribution in [3.05, 3.63) is 60.2 Å². The molecule has 0 atom stereocenters. The number of unbranched alkanes of at least 4 members (excludes halogenated alkanes) is 1. The van der Waals surface area contributed by atoms with Crippen LogP contribution in [-0.4, -0.2) is 15.0 Å². The Morgan fingerprint density at radius 3 is 2.48 bits per heavy atom. The van der Waals surface area contributed by atoms with Gasteiger partial charge >= 0.3 is 0 Å². The van der Waals surface area contributed by atoms with Gasteiger partial charge in [-0.25, -0.2) is 9.97 Å². The van der Waals surface area contributed by atoms with E-state index < -0.39 is 0 Å². The zero-order valence-corrected chi connectivity index (χ0v) is 14.2. The Hall–Kier alpha value is -2.94. The van der Waals surface area contributed by atoms with Gasteiger partial charge in [-0.2, -0.15) is 0 Å². The number of aryl methyl sites for hydroxylation is 1. The van der Waals surface area contributed by atoms with Gasteiger partial charge in [-0.3, -0.25) is 0 Å². The molecular weight excluding hydrogens is 306 g/mol. The molecule has 5 rings (SSSR count). The first kappa shape index (κ1) is 14.4. The summed E-state index contributed by atoms with van der Waals surface area (Å²) < 4.78 is 0. The minimum absolute atomic E-state index is 0.989. The van der Waals surface area contributed by atoms with E-state index in [1.165, 1.54) is 29.2 Å². The molecule has 25 heavy (non-hydrogen) atoms. The number of para-hydroxylation sites is 3. The summed E-state index contributed by atoms with van der Waals surface area (Å²) in [4.78, 5) is 13.5. The van der Waals surface area contributed by atoms with Gasteiger partial charge in [0.1, 0.15) is 0 Å². The van der Waals surface area contributed by atoms with Crippen LogP contribution in [0.1, 0.15) is 25.3 Å². The summed E-state index contributed by atoms with van der Waals surface area (Å²) in [6, 6.07) is 18.8. The summed E-state index contributed by atoms with van der Waals surface area (Å²) in [5.41, 5.74) is 7.64. The van der Waals surface area contributed by atoms with Gasteiger partial charge in [0, 0.05) is 10.8 Å². The molecule has 5 aromatic rings. The van der Waals surface area contributed by atoms with Crippen molar-refractivity contribution >= 4 is 43.9 Å². The number of fused-ring (bicyclic) bond motifs is 6. The molecule has 0 aliphatic carbocycles. The Balaban J connectivity index is 1.97. The Morgan fingerprint density at radius 2 is 1.60 bits per heavy atom. The number of hydrogen-bond donors (Lipinski definition) is 1. The molecule has 0 fully saturated rings. The zero-order chi connectivity index (χ0) is 16.8. The lowest BCUT2D eigenvalue weighted by molar-refractivity contribution is 0.798. The van der Waals surface area contributed by atoms with Crippen molar-refractivity contribution in [2.75, 3.05) is 0 Å². The van der Waals surface area contributed by atoms with Crippen LogP contribution in [0.15, 0.2) is 54.6 Å². The van der Waals surface area contributed by atoms with Crippen molar-refractivity contribution in [1.82, 2.24) is 15.0 Å². The van der Waals surface area contributed by atoms with Gasteiger partial charge in [-0.1, -0.05) is 43.7 Å². The van der Waals surface area contributed by atoms with Crippen molar-refractivity contribution in [1.29, 1.82) is 0 Å². The van der Waals surface area contributed by atoms with E-state index in [0.29, 0.717) is 0 Å². The maximum absolute atomic E-state index is 4.98. The second-order valence-electron chi connectivity index (χ2n) is 6.64. The van der Waals surface area contributed by atoms with Gasteiger partial charge in [0.15, 0.2) is 0 Å². The fourth-order valence-electron chi connectivity index (χ4n) is 3.72. The number of benzene rings is 3. The van der Waals surface area contributed by atoms with Crippen LogP contribution in [0.3, 0.4) is 0 Å². The Labute approximate surface area is 145 Å². The van der Waals surface area contributed by atoms with E-state index in [1.807, 2.05) is 12.1 Å². The van der Waals surface area contributed by atoms with E-state index in [2.05, 4.69) is 54.4 Å². The van der Waals surface area contributed by atoms with Gasteiger partial charge in [0.05, 0.1) is 33.1 Å². The summed E-state index contributed by atoms with van der Waals surface area (Å²) in [6.45, 7) is 2.23. The Morgan fingerprint density at radius 1 is 0.840 bits per heavy atom. The zero-order valence-electron chi connectivity index (χ0n) is 14.2. The highest BCUT2D eigenvalue weighted by Gasteiger charge is 2.15. The van der Waals surface area contributed by atoms with Gasteiger partial charge < -0.3 is 4.98 Å². The molecule has 0 spiro atoms. The molecule has 0 saturated carbocycles. The quantitative estimate of drug-likeness (QED) is 0.428.